The fraction of sp³-hybridized carbons (Fsp3) is 0.292. The van der Waals surface area contributed by atoms with Crippen molar-refractivity contribution < 1.29 is 18.7 Å². The second-order valence-corrected chi connectivity index (χ2v) is 8.10. The van der Waals surface area contributed by atoms with Crippen LogP contribution in [0.5, 0.6) is 0 Å². The lowest BCUT2D eigenvalue weighted by Crippen LogP contribution is -2.51. The number of rotatable bonds is 6. The molecule has 0 N–H and O–H groups in total. The van der Waals surface area contributed by atoms with E-state index in [1.54, 1.807) is 40.7 Å². The van der Waals surface area contributed by atoms with E-state index in [0.29, 0.717) is 42.6 Å². The molecule has 1 unspecified atom stereocenters. The molecule has 1 atom stereocenters. The van der Waals surface area contributed by atoms with Crippen LogP contribution in [0, 0.1) is 5.82 Å². The summed E-state index contributed by atoms with van der Waals surface area (Å²) in [5.41, 5.74) is 1.85. The lowest BCUT2D eigenvalue weighted by atomic mass is 10.0. The number of carbonyl (C=O) groups excluding carboxylic acids is 2. The fourth-order valence-corrected chi connectivity index (χ4v) is 4.09. The van der Waals surface area contributed by atoms with Crippen molar-refractivity contribution in [2.75, 3.05) is 32.8 Å². The Kier molecular flexibility index (Phi) is 7.05. The summed E-state index contributed by atoms with van der Waals surface area (Å²) in [6.45, 7) is 3.95. The van der Waals surface area contributed by atoms with Crippen molar-refractivity contribution in [1.82, 2.24) is 19.4 Å². The maximum atomic E-state index is 13.3. The Balaban J connectivity index is 1.48. The van der Waals surface area contributed by atoms with Crippen LogP contribution >= 0.6 is 11.6 Å². The standard InChI is InChI=1S/C24H24ClFN4O3/c1-2-33-24(32)22(17-3-5-18(25)6-4-17)28-11-13-29(14-12-28)23(31)21-15-27-16-30(21)20-9-7-19(26)8-10-20/h3-10,15-16,22H,2,11-14H2,1H3. The Morgan fingerprint density at radius 3 is 2.36 bits per heavy atom. The fourth-order valence-electron chi connectivity index (χ4n) is 3.97. The van der Waals surface area contributed by atoms with Gasteiger partial charge in [-0.25, -0.2) is 14.2 Å². The average molecular weight is 471 g/mol. The van der Waals surface area contributed by atoms with E-state index in [9.17, 15) is 14.0 Å². The predicted octanol–water partition coefficient (Wildman–Crippen LogP) is 3.73. The van der Waals surface area contributed by atoms with Crippen LogP contribution in [-0.4, -0.2) is 64.0 Å². The van der Waals surface area contributed by atoms with Crippen LogP contribution in [0.15, 0.2) is 61.1 Å². The Morgan fingerprint density at radius 1 is 1.06 bits per heavy atom. The summed E-state index contributed by atoms with van der Waals surface area (Å²) >= 11 is 6.01. The van der Waals surface area contributed by atoms with Gasteiger partial charge in [0.25, 0.3) is 5.91 Å². The summed E-state index contributed by atoms with van der Waals surface area (Å²) in [4.78, 5) is 33.8. The van der Waals surface area contributed by atoms with Gasteiger partial charge in [-0.15, -0.1) is 0 Å². The molecule has 1 aliphatic heterocycles. The second-order valence-electron chi connectivity index (χ2n) is 7.66. The number of nitrogens with zero attached hydrogens (tertiary/aromatic N) is 4. The third-order valence-corrected chi connectivity index (χ3v) is 5.88. The lowest BCUT2D eigenvalue weighted by molar-refractivity contribution is -0.150. The van der Waals surface area contributed by atoms with Gasteiger partial charge in [0.2, 0.25) is 0 Å². The van der Waals surface area contributed by atoms with Gasteiger partial charge in [-0.3, -0.25) is 14.3 Å². The van der Waals surface area contributed by atoms with Gasteiger partial charge in [-0.05, 0) is 48.9 Å². The number of benzene rings is 2. The number of ether oxygens (including phenoxy) is 1. The Labute approximate surface area is 196 Å². The normalized spacial score (nSPS) is 15.3. The zero-order valence-corrected chi connectivity index (χ0v) is 18.9. The van der Waals surface area contributed by atoms with Crippen LogP contribution in [0.4, 0.5) is 4.39 Å². The molecule has 0 radical (unpaired) electrons. The zero-order chi connectivity index (χ0) is 23.4. The average Bonchev–Trinajstić information content (AvgIpc) is 3.31. The molecule has 1 saturated heterocycles. The van der Waals surface area contributed by atoms with Crippen LogP contribution in [0.1, 0.15) is 29.0 Å². The largest absolute Gasteiger partial charge is 0.465 e. The maximum absolute atomic E-state index is 13.3. The number of hydrogen-bond acceptors (Lipinski definition) is 5. The topological polar surface area (TPSA) is 67.7 Å². The van der Waals surface area contributed by atoms with Gasteiger partial charge in [-0.1, -0.05) is 23.7 Å². The molecule has 1 aromatic heterocycles. The van der Waals surface area contributed by atoms with Crippen molar-refractivity contribution in [3.05, 3.63) is 83.2 Å². The van der Waals surface area contributed by atoms with Crippen molar-refractivity contribution in [2.45, 2.75) is 13.0 Å². The van der Waals surface area contributed by atoms with Crippen LogP contribution in [0.3, 0.4) is 0 Å². The summed E-state index contributed by atoms with van der Waals surface area (Å²) in [5, 5.41) is 0.592. The first kappa shape index (κ1) is 22.9. The lowest BCUT2D eigenvalue weighted by Gasteiger charge is -2.38. The van der Waals surface area contributed by atoms with Gasteiger partial charge in [0.15, 0.2) is 0 Å². The Bertz CT molecular complexity index is 1110. The molecule has 0 bridgehead atoms. The minimum absolute atomic E-state index is 0.171. The van der Waals surface area contributed by atoms with E-state index >= 15 is 0 Å². The van der Waals surface area contributed by atoms with Gasteiger partial charge < -0.3 is 9.64 Å². The minimum atomic E-state index is -0.566. The van der Waals surface area contributed by atoms with E-state index in [1.165, 1.54) is 24.7 Å². The molecule has 0 saturated carbocycles. The molecule has 9 heteroatoms. The number of hydrogen-bond donors (Lipinski definition) is 0. The van der Waals surface area contributed by atoms with Gasteiger partial charge in [0, 0.05) is 36.9 Å². The van der Waals surface area contributed by atoms with Gasteiger partial charge in [-0.2, -0.15) is 0 Å². The highest BCUT2D eigenvalue weighted by atomic mass is 35.5. The molecular formula is C24H24ClFN4O3. The summed E-state index contributed by atoms with van der Waals surface area (Å²) in [6, 6.07) is 12.5. The molecule has 2 aromatic carbocycles. The van der Waals surface area contributed by atoms with E-state index in [4.69, 9.17) is 16.3 Å². The Morgan fingerprint density at radius 2 is 1.73 bits per heavy atom. The first-order valence-corrected chi connectivity index (χ1v) is 11.1. The van der Waals surface area contributed by atoms with Crippen LogP contribution < -0.4 is 0 Å². The molecule has 1 fully saturated rings. The van der Waals surface area contributed by atoms with Crippen LogP contribution in [0.25, 0.3) is 5.69 Å². The number of imidazole rings is 1. The minimum Gasteiger partial charge on any atom is -0.465 e. The maximum Gasteiger partial charge on any atom is 0.328 e. The first-order chi connectivity index (χ1) is 16.0. The van der Waals surface area contributed by atoms with E-state index in [-0.39, 0.29) is 24.3 Å². The molecule has 2 heterocycles. The molecule has 1 amide bonds. The molecule has 3 aromatic rings. The van der Waals surface area contributed by atoms with Crippen molar-refractivity contribution >= 4 is 23.5 Å². The van der Waals surface area contributed by atoms with E-state index in [2.05, 4.69) is 4.98 Å². The predicted molar refractivity (Wildman–Crippen MR) is 122 cm³/mol. The molecule has 4 rings (SSSR count). The van der Waals surface area contributed by atoms with Crippen molar-refractivity contribution in [3.63, 3.8) is 0 Å². The number of amides is 1. The van der Waals surface area contributed by atoms with Crippen molar-refractivity contribution in [3.8, 4) is 5.69 Å². The molecule has 7 nitrogen and oxygen atoms in total. The van der Waals surface area contributed by atoms with Crippen LogP contribution in [0.2, 0.25) is 5.02 Å². The molecule has 1 aliphatic rings. The second kappa shape index (κ2) is 10.1. The summed E-state index contributed by atoms with van der Waals surface area (Å²) in [7, 11) is 0. The summed E-state index contributed by atoms with van der Waals surface area (Å²) < 4.78 is 20.2. The van der Waals surface area contributed by atoms with Gasteiger partial charge in [0.1, 0.15) is 17.6 Å². The van der Waals surface area contributed by atoms with E-state index in [0.717, 1.165) is 5.56 Å². The number of halogens is 2. The molecule has 33 heavy (non-hydrogen) atoms. The van der Waals surface area contributed by atoms with E-state index in [1.807, 2.05) is 17.0 Å². The zero-order valence-electron chi connectivity index (χ0n) is 18.2. The molecule has 0 spiro atoms. The summed E-state index contributed by atoms with van der Waals surface area (Å²) in [6.07, 6.45) is 3.04. The SMILES string of the molecule is CCOC(=O)C(c1ccc(Cl)cc1)N1CCN(C(=O)c2cncn2-c2ccc(F)cc2)CC1. The van der Waals surface area contributed by atoms with E-state index < -0.39 is 6.04 Å². The summed E-state index contributed by atoms with van der Waals surface area (Å²) in [5.74, 6) is -0.843. The monoisotopic (exact) mass is 470 g/mol. The third kappa shape index (κ3) is 5.07. The van der Waals surface area contributed by atoms with Crippen molar-refractivity contribution in [1.29, 1.82) is 0 Å². The smallest absolute Gasteiger partial charge is 0.328 e. The number of esters is 1. The quantitative estimate of drug-likeness (QED) is 0.513. The third-order valence-electron chi connectivity index (χ3n) is 5.62. The number of aromatic nitrogens is 2. The molecule has 0 aliphatic carbocycles. The van der Waals surface area contributed by atoms with Gasteiger partial charge in [0.05, 0.1) is 19.1 Å². The highest BCUT2D eigenvalue weighted by Crippen LogP contribution is 2.26. The highest BCUT2D eigenvalue weighted by Gasteiger charge is 2.33. The van der Waals surface area contributed by atoms with Crippen molar-refractivity contribution in [2.24, 2.45) is 0 Å². The van der Waals surface area contributed by atoms with Gasteiger partial charge >= 0.3 is 5.97 Å². The highest BCUT2D eigenvalue weighted by molar-refractivity contribution is 6.30. The molecule has 172 valence electrons. The number of piperazine rings is 1. The molecular weight excluding hydrogens is 447 g/mol. The number of carbonyl (C=O) groups is 2. The van der Waals surface area contributed by atoms with Crippen LogP contribution in [-0.2, 0) is 9.53 Å². The first-order valence-electron chi connectivity index (χ1n) is 10.7. The Hall–Kier alpha value is -3.23.